The number of fused-ring (bicyclic) bond motifs is 5. The van der Waals surface area contributed by atoms with Gasteiger partial charge in [-0.3, -0.25) is 0 Å². The molecule has 1 unspecified atom stereocenters. The third-order valence-electron chi connectivity index (χ3n) is 8.45. The summed E-state index contributed by atoms with van der Waals surface area (Å²) in [7, 11) is -3.54. The molecule has 3 nitrogen and oxygen atoms in total. The molecule has 2 saturated carbocycles. The third kappa shape index (κ3) is 2.92. The fourth-order valence-electron chi connectivity index (χ4n) is 7.68. The van der Waals surface area contributed by atoms with Gasteiger partial charge in [-0.1, -0.05) is 34.1 Å². The van der Waals surface area contributed by atoms with Crippen LogP contribution in [0.25, 0.3) is 0 Å². The predicted octanol–water partition coefficient (Wildman–Crippen LogP) is 6.25. The lowest BCUT2D eigenvalue weighted by atomic mass is 9.43. The highest BCUT2D eigenvalue weighted by Gasteiger charge is 2.61. The van der Waals surface area contributed by atoms with Crippen molar-refractivity contribution in [2.24, 2.45) is 22.7 Å². The molecule has 4 heteroatoms. The van der Waals surface area contributed by atoms with E-state index in [1.54, 1.807) is 0 Å². The SMILES string of the molecule is Cc1cc(OP(C)(=O)O)cc2c1[C@]1(C)CC[C@H]3C(C)(C)CCC[C@]3(C)[C@@H]1C2. The van der Waals surface area contributed by atoms with Crippen molar-refractivity contribution < 1.29 is 14.0 Å². The van der Waals surface area contributed by atoms with Crippen LogP contribution in [0.4, 0.5) is 0 Å². The van der Waals surface area contributed by atoms with Gasteiger partial charge in [-0.05, 0) is 95.9 Å². The quantitative estimate of drug-likeness (QED) is 0.608. The Morgan fingerprint density at radius 3 is 2.48 bits per heavy atom. The largest absolute Gasteiger partial charge is 0.425 e. The molecule has 3 aliphatic carbocycles. The highest BCUT2D eigenvalue weighted by Crippen LogP contribution is 2.68. The smallest absolute Gasteiger partial charge is 0.373 e. The van der Waals surface area contributed by atoms with Crippen LogP contribution < -0.4 is 4.52 Å². The first-order valence-electron chi connectivity index (χ1n) is 10.5. The van der Waals surface area contributed by atoms with Gasteiger partial charge < -0.3 is 9.42 Å². The molecular formula is C23H35O3P. The Morgan fingerprint density at radius 1 is 1.11 bits per heavy atom. The first kappa shape index (κ1) is 19.5. The van der Waals surface area contributed by atoms with Gasteiger partial charge in [0.1, 0.15) is 5.75 Å². The van der Waals surface area contributed by atoms with E-state index >= 15 is 0 Å². The summed E-state index contributed by atoms with van der Waals surface area (Å²) in [5.41, 5.74) is 5.07. The fraction of sp³-hybridized carbons (Fsp3) is 0.739. The average Bonchev–Trinajstić information content (AvgIpc) is 2.79. The Balaban J connectivity index is 1.77. The molecule has 1 aromatic carbocycles. The Hall–Kier alpha value is -0.790. The van der Waals surface area contributed by atoms with Crippen LogP contribution in [0, 0.1) is 29.6 Å². The molecule has 2 fully saturated rings. The molecule has 0 saturated heterocycles. The predicted molar refractivity (Wildman–Crippen MR) is 111 cm³/mol. The number of hydrogen-bond donors (Lipinski definition) is 1. The molecule has 0 spiro atoms. The lowest BCUT2D eigenvalue weighted by molar-refractivity contribution is -0.0983. The van der Waals surface area contributed by atoms with Crippen LogP contribution in [-0.4, -0.2) is 11.6 Å². The van der Waals surface area contributed by atoms with Gasteiger partial charge in [0.05, 0.1) is 0 Å². The van der Waals surface area contributed by atoms with Crippen molar-refractivity contribution in [3.63, 3.8) is 0 Å². The van der Waals surface area contributed by atoms with Crippen LogP contribution in [-0.2, 0) is 16.4 Å². The van der Waals surface area contributed by atoms with Crippen molar-refractivity contribution in [2.75, 3.05) is 6.66 Å². The molecule has 1 N–H and O–H groups in total. The van der Waals surface area contributed by atoms with Crippen LogP contribution in [0.1, 0.15) is 76.5 Å². The van der Waals surface area contributed by atoms with Gasteiger partial charge in [-0.15, -0.1) is 0 Å². The number of hydrogen-bond acceptors (Lipinski definition) is 2. The number of aryl methyl sites for hydroxylation is 1. The second-order valence-electron chi connectivity index (χ2n) is 10.8. The summed E-state index contributed by atoms with van der Waals surface area (Å²) < 4.78 is 17.1. The lowest BCUT2D eigenvalue weighted by Gasteiger charge is -2.61. The Labute approximate surface area is 164 Å². The van der Waals surface area contributed by atoms with Crippen molar-refractivity contribution in [2.45, 2.75) is 78.6 Å². The maximum absolute atomic E-state index is 11.8. The van der Waals surface area contributed by atoms with E-state index in [0.29, 0.717) is 22.5 Å². The number of rotatable bonds is 2. The molecular weight excluding hydrogens is 355 g/mol. The van der Waals surface area contributed by atoms with E-state index < -0.39 is 7.60 Å². The lowest BCUT2D eigenvalue weighted by Crippen LogP contribution is -2.55. The summed E-state index contributed by atoms with van der Waals surface area (Å²) in [6.45, 7) is 13.4. The normalized spacial score (nSPS) is 39.1. The minimum Gasteiger partial charge on any atom is -0.425 e. The summed E-state index contributed by atoms with van der Waals surface area (Å²) in [6, 6.07) is 4.02. The van der Waals surface area contributed by atoms with E-state index in [2.05, 4.69) is 34.6 Å². The van der Waals surface area contributed by atoms with Crippen LogP contribution in [0.2, 0.25) is 0 Å². The summed E-state index contributed by atoms with van der Waals surface area (Å²) in [5.74, 6) is 1.98. The zero-order valence-corrected chi connectivity index (χ0v) is 18.7. The van der Waals surface area contributed by atoms with E-state index in [9.17, 15) is 9.46 Å². The molecule has 3 aliphatic rings. The first-order chi connectivity index (χ1) is 12.4. The molecule has 4 rings (SSSR count). The monoisotopic (exact) mass is 390 g/mol. The first-order valence-corrected chi connectivity index (χ1v) is 12.5. The summed E-state index contributed by atoms with van der Waals surface area (Å²) in [4.78, 5) is 9.65. The Kier molecular flexibility index (Phi) is 4.24. The van der Waals surface area contributed by atoms with Gasteiger partial charge in [0.2, 0.25) is 0 Å². The average molecular weight is 391 g/mol. The zero-order chi connectivity index (χ0) is 19.8. The molecule has 5 atom stereocenters. The summed E-state index contributed by atoms with van der Waals surface area (Å²) >= 11 is 0. The molecule has 0 radical (unpaired) electrons. The van der Waals surface area contributed by atoms with E-state index in [4.69, 9.17) is 4.52 Å². The zero-order valence-electron chi connectivity index (χ0n) is 17.8. The van der Waals surface area contributed by atoms with Crippen LogP contribution in [0.5, 0.6) is 5.75 Å². The molecule has 150 valence electrons. The highest BCUT2D eigenvalue weighted by atomic mass is 31.2. The Morgan fingerprint density at radius 2 is 1.81 bits per heavy atom. The molecule has 0 bridgehead atoms. The van der Waals surface area contributed by atoms with Crippen LogP contribution in [0.3, 0.4) is 0 Å². The van der Waals surface area contributed by atoms with Gasteiger partial charge in [0, 0.05) is 6.66 Å². The van der Waals surface area contributed by atoms with Crippen LogP contribution >= 0.6 is 7.60 Å². The maximum atomic E-state index is 11.8. The van der Waals surface area contributed by atoms with Gasteiger partial charge in [0.25, 0.3) is 0 Å². The van der Waals surface area contributed by atoms with Crippen molar-refractivity contribution in [3.8, 4) is 5.75 Å². The van der Waals surface area contributed by atoms with E-state index in [0.717, 1.165) is 12.3 Å². The van der Waals surface area contributed by atoms with Gasteiger partial charge in [0.15, 0.2) is 0 Å². The van der Waals surface area contributed by atoms with Crippen molar-refractivity contribution >= 4 is 7.60 Å². The minimum absolute atomic E-state index is 0.214. The minimum atomic E-state index is -3.54. The second-order valence-corrected chi connectivity index (χ2v) is 12.6. The third-order valence-corrected chi connectivity index (χ3v) is 9.00. The van der Waals surface area contributed by atoms with Gasteiger partial charge in [-0.2, -0.15) is 0 Å². The summed E-state index contributed by atoms with van der Waals surface area (Å²) in [5, 5.41) is 0. The molecule has 0 aliphatic heterocycles. The molecule has 27 heavy (non-hydrogen) atoms. The molecule has 0 heterocycles. The van der Waals surface area contributed by atoms with Crippen molar-refractivity contribution in [3.05, 3.63) is 28.8 Å². The van der Waals surface area contributed by atoms with E-state index in [-0.39, 0.29) is 5.41 Å². The van der Waals surface area contributed by atoms with Crippen molar-refractivity contribution in [1.82, 2.24) is 0 Å². The molecule has 0 aromatic heterocycles. The topological polar surface area (TPSA) is 46.5 Å². The highest BCUT2D eigenvalue weighted by molar-refractivity contribution is 7.52. The summed E-state index contributed by atoms with van der Waals surface area (Å²) in [6.07, 6.45) is 7.66. The molecule has 0 amide bonds. The van der Waals surface area contributed by atoms with E-state index in [1.807, 2.05) is 12.1 Å². The fourth-order valence-corrected chi connectivity index (χ4v) is 8.17. The Bertz CT molecular complexity index is 823. The second kappa shape index (κ2) is 5.86. The number of benzene rings is 1. The van der Waals surface area contributed by atoms with E-state index in [1.165, 1.54) is 55.5 Å². The van der Waals surface area contributed by atoms with Gasteiger partial charge >= 0.3 is 7.60 Å². The van der Waals surface area contributed by atoms with Crippen LogP contribution in [0.15, 0.2) is 12.1 Å². The standard InChI is InChI=1S/C23H35O3P/c1-15-12-17(26-27(6,24)25)13-16-14-19-22(4)10-7-9-21(2,3)18(22)8-11-23(19,5)20(15)16/h12-13,18-19H,7-11,14H2,1-6H3,(H,24,25)/t18-,19-,22-,23+/m0/s1. The van der Waals surface area contributed by atoms with Gasteiger partial charge in [-0.25, -0.2) is 4.57 Å². The van der Waals surface area contributed by atoms with Crippen molar-refractivity contribution in [1.29, 1.82) is 0 Å². The molecule has 1 aromatic rings. The maximum Gasteiger partial charge on any atom is 0.373 e.